The highest BCUT2D eigenvalue weighted by molar-refractivity contribution is 5.96. The van der Waals surface area contributed by atoms with Crippen molar-refractivity contribution in [3.05, 3.63) is 60.2 Å². The van der Waals surface area contributed by atoms with E-state index in [9.17, 15) is 4.79 Å². The van der Waals surface area contributed by atoms with Crippen LogP contribution in [0.4, 0.5) is 5.69 Å². The minimum atomic E-state index is -0.0545. The number of allylic oxidation sites excluding steroid dienone is 2. The quantitative estimate of drug-likeness (QED) is 0.303. The van der Waals surface area contributed by atoms with E-state index in [0.717, 1.165) is 50.9 Å². The van der Waals surface area contributed by atoms with Crippen LogP contribution in [0, 0.1) is 0 Å². The second kappa shape index (κ2) is 14.4. The summed E-state index contributed by atoms with van der Waals surface area (Å²) in [6.45, 7) is 14.0. The van der Waals surface area contributed by atoms with E-state index in [4.69, 9.17) is 4.74 Å². The Morgan fingerprint density at radius 3 is 2.42 bits per heavy atom. The van der Waals surface area contributed by atoms with Gasteiger partial charge in [-0.2, -0.15) is 0 Å². The number of amides is 1. The fourth-order valence-electron chi connectivity index (χ4n) is 5.52. The van der Waals surface area contributed by atoms with Crippen molar-refractivity contribution in [3.63, 3.8) is 0 Å². The van der Waals surface area contributed by atoms with Gasteiger partial charge in [-0.05, 0) is 88.6 Å². The second-order valence-electron chi connectivity index (χ2n) is 10.2. The molecule has 3 saturated heterocycles. The van der Waals surface area contributed by atoms with Crippen LogP contribution in [-0.4, -0.2) is 87.3 Å². The van der Waals surface area contributed by atoms with E-state index >= 15 is 0 Å². The Balaban J connectivity index is 1.14. The Morgan fingerprint density at radius 1 is 1.00 bits per heavy atom. The van der Waals surface area contributed by atoms with Gasteiger partial charge in [0.2, 0.25) is 0 Å². The summed E-state index contributed by atoms with van der Waals surface area (Å²) < 4.78 is 5.43. The topological polar surface area (TPSA) is 48.1 Å². The highest BCUT2D eigenvalue weighted by atomic mass is 16.5. The highest BCUT2D eigenvalue weighted by Gasteiger charge is 2.25. The first-order valence-corrected chi connectivity index (χ1v) is 13.9. The van der Waals surface area contributed by atoms with Crippen LogP contribution in [-0.2, 0) is 9.53 Å². The summed E-state index contributed by atoms with van der Waals surface area (Å²) >= 11 is 0. The lowest BCUT2D eigenvalue weighted by Gasteiger charge is -2.40. The number of nitrogens with one attached hydrogen (secondary N) is 1. The van der Waals surface area contributed by atoms with E-state index in [1.54, 1.807) is 6.08 Å². The number of likely N-dealkylation sites (tertiary alicyclic amines) is 2. The number of carbonyl (C=O) groups excluding carboxylic acids is 1. The van der Waals surface area contributed by atoms with Crippen LogP contribution in [0.3, 0.4) is 0 Å². The van der Waals surface area contributed by atoms with Crippen molar-refractivity contribution in [2.24, 2.45) is 0 Å². The normalized spacial score (nSPS) is 21.1. The van der Waals surface area contributed by atoms with Gasteiger partial charge in [-0.1, -0.05) is 43.4 Å². The minimum Gasteiger partial charge on any atom is -0.378 e. The first kappa shape index (κ1) is 26.6. The smallest absolute Gasteiger partial charge is 0.251 e. The largest absolute Gasteiger partial charge is 0.378 e. The molecule has 3 heterocycles. The summed E-state index contributed by atoms with van der Waals surface area (Å²) in [5.74, 6) is -0.0545. The third kappa shape index (κ3) is 8.05. The van der Waals surface area contributed by atoms with Gasteiger partial charge in [-0.3, -0.25) is 4.79 Å². The minimum absolute atomic E-state index is 0.0545. The Hall–Kier alpha value is -2.41. The average molecular weight is 493 g/mol. The van der Waals surface area contributed by atoms with Gasteiger partial charge in [0, 0.05) is 36.9 Å². The molecule has 196 valence electrons. The molecular weight excluding hydrogens is 448 g/mol. The molecule has 0 radical (unpaired) electrons. The summed E-state index contributed by atoms with van der Waals surface area (Å²) in [6, 6.07) is 9.30. The third-order valence-electron chi connectivity index (χ3n) is 7.72. The molecule has 0 aromatic heterocycles. The molecule has 1 N–H and O–H groups in total. The van der Waals surface area contributed by atoms with Crippen molar-refractivity contribution in [2.75, 3.05) is 70.5 Å². The molecule has 1 amide bonds. The van der Waals surface area contributed by atoms with Crippen LogP contribution in [0.25, 0.3) is 6.08 Å². The highest BCUT2D eigenvalue weighted by Crippen LogP contribution is 2.21. The van der Waals surface area contributed by atoms with Crippen LogP contribution in [0.2, 0.25) is 0 Å². The molecule has 3 aliphatic heterocycles. The molecule has 6 nitrogen and oxygen atoms in total. The summed E-state index contributed by atoms with van der Waals surface area (Å²) in [5.41, 5.74) is 2.93. The standard InChI is InChI=1S/C30H44N4O2/c1-2-27(9-6-8-26-10-12-28(13-11-26)34-22-24-36-25-23-34)30(35)31-16-7-17-32-20-14-29(15-21-32)33-18-4-3-5-19-33/h2,6,8-13,29H,1,3-5,7,14-25H2,(H,31,35)/b8-6+,27-9+. The third-order valence-corrected chi connectivity index (χ3v) is 7.72. The molecule has 3 aliphatic rings. The number of carbonyl (C=O) groups is 1. The van der Waals surface area contributed by atoms with Crippen molar-refractivity contribution in [2.45, 2.75) is 44.6 Å². The van der Waals surface area contributed by atoms with Crippen LogP contribution in [0.1, 0.15) is 44.1 Å². The van der Waals surface area contributed by atoms with E-state index in [-0.39, 0.29) is 5.91 Å². The van der Waals surface area contributed by atoms with Gasteiger partial charge in [-0.25, -0.2) is 0 Å². The van der Waals surface area contributed by atoms with Crippen LogP contribution in [0.5, 0.6) is 0 Å². The molecule has 0 saturated carbocycles. The molecule has 3 fully saturated rings. The SMILES string of the molecule is C=C/C(=C\C=C\c1ccc(N2CCOCC2)cc1)C(=O)NCCCN1CCC(N2CCCCC2)CC1. The predicted octanol–water partition coefficient (Wildman–Crippen LogP) is 4.11. The number of ether oxygens (including phenoxy) is 1. The Bertz CT molecular complexity index is 875. The van der Waals surface area contributed by atoms with Crippen molar-refractivity contribution in [1.82, 2.24) is 15.1 Å². The number of benzene rings is 1. The lowest BCUT2D eigenvalue weighted by molar-refractivity contribution is -0.117. The molecular formula is C30H44N4O2. The summed E-state index contributed by atoms with van der Waals surface area (Å²) in [7, 11) is 0. The monoisotopic (exact) mass is 492 g/mol. The molecule has 0 bridgehead atoms. The first-order chi connectivity index (χ1) is 17.7. The lowest BCUT2D eigenvalue weighted by atomic mass is 10.00. The molecule has 0 aliphatic carbocycles. The molecule has 0 spiro atoms. The van der Waals surface area contributed by atoms with Gasteiger partial charge < -0.3 is 24.8 Å². The lowest BCUT2D eigenvalue weighted by Crippen LogP contribution is -2.47. The average Bonchev–Trinajstić information content (AvgIpc) is 2.95. The van der Waals surface area contributed by atoms with E-state index in [1.807, 2.05) is 18.2 Å². The van der Waals surface area contributed by atoms with Crippen molar-refractivity contribution < 1.29 is 9.53 Å². The second-order valence-corrected chi connectivity index (χ2v) is 10.2. The van der Waals surface area contributed by atoms with Crippen molar-refractivity contribution >= 4 is 17.7 Å². The van der Waals surface area contributed by atoms with Crippen molar-refractivity contribution in [3.8, 4) is 0 Å². The number of morpholine rings is 1. The Kier molecular flexibility index (Phi) is 10.6. The summed E-state index contributed by atoms with van der Waals surface area (Å²) in [6.07, 6.45) is 15.1. The van der Waals surface area contributed by atoms with Crippen molar-refractivity contribution in [1.29, 1.82) is 0 Å². The van der Waals surface area contributed by atoms with Gasteiger partial charge in [0.25, 0.3) is 5.91 Å². The number of piperidine rings is 2. The van der Waals surface area contributed by atoms with Gasteiger partial charge in [-0.15, -0.1) is 0 Å². The zero-order valence-electron chi connectivity index (χ0n) is 21.9. The Morgan fingerprint density at radius 2 is 1.72 bits per heavy atom. The van der Waals surface area contributed by atoms with Gasteiger partial charge in [0.1, 0.15) is 0 Å². The molecule has 4 rings (SSSR count). The zero-order valence-corrected chi connectivity index (χ0v) is 21.9. The van der Waals surface area contributed by atoms with E-state index in [0.29, 0.717) is 12.1 Å². The van der Waals surface area contributed by atoms with Crippen LogP contribution in [0.15, 0.2) is 54.6 Å². The molecule has 0 unspecified atom stereocenters. The predicted molar refractivity (Wildman–Crippen MR) is 149 cm³/mol. The van der Waals surface area contributed by atoms with E-state index in [1.165, 1.54) is 64.0 Å². The maximum Gasteiger partial charge on any atom is 0.251 e. The van der Waals surface area contributed by atoms with Gasteiger partial charge >= 0.3 is 0 Å². The maximum atomic E-state index is 12.6. The summed E-state index contributed by atoms with van der Waals surface area (Å²) in [5, 5.41) is 3.06. The number of hydrogen-bond donors (Lipinski definition) is 1. The number of anilines is 1. The van der Waals surface area contributed by atoms with Crippen LogP contribution >= 0.6 is 0 Å². The number of rotatable bonds is 10. The molecule has 1 aromatic carbocycles. The molecule has 6 heteroatoms. The fraction of sp³-hybridized carbons (Fsp3) is 0.567. The molecule has 1 aromatic rings. The van der Waals surface area contributed by atoms with E-state index < -0.39 is 0 Å². The van der Waals surface area contributed by atoms with Gasteiger partial charge in [0.15, 0.2) is 0 Å². The van der Waals surface area contributed by atoms with E-state index in [2.05, 4.69) is 50.9 Å². The Labute approximate surface area is 217 Å². The fourth-order valence-corrected chi connectivity index (χ4v) is 5.52. The number of hydrogen-bond acceptors (Lipinski definition) is 5. The summed E-state index contributed by atoms with van der Waals surface area (Å²) in [4.78, 5) is 20.2. The first-order valence-electron chi connectivity index (χ1n) is 13.9. The van der Waals surface area contributed by atoms with Crippen LogP contribution < -0.4 is 10.2 Å². The number of nitrogens with zero attached hydrogens (tertiary/aromatic N) is 3. The molecule has 36 heavy (non-hydrogen) atoms. The zero-order chi connectivity index (χ0) is 25.0. The molecule has 0 atom stereocenters. The van der Waals surface area contributed by atoms with Gasteiger partial charge in [0.05, 0.1) is 13.2 Å². The maximum absolute atomic E-state index is 12.6.